The number of nitrogens with zero attached hydrogens (tertiary/aromatic N) is 3. The van der Waals surface area contributed by atoms with Gasteiger partial charge in [-0.05, 0) is 41.7 Å². The summed E-state index contributed by atoms with van der Waals surface area (Å²) in [5, 5.41) is 14.0. The predicted molar refractivity (Wildman–Crippen MR) is 132 cm³/mol. The molecule has 1 heterocycles. The number of rotatable bonds is 8. The van der Waals surface area contributed by atoms with Gasteiger partial charge < -0.3 is 5.11 Å². The van der Waals surface area contributed by atoms with E-state index in [-0.39, 0.29) is 11.3 Å². The van der Waals surface area contributed by atoms with Crippen LogP contribution >= 0.6 is 0 Å². The number of hydrogen-bond acceptors (Lipinski definition) is 3. The maximum Gasteiger partial charge on any atom is 0.346 e. The van der Waals surface area contributed by atoms with Gasteiger partial charge in [0.1, 0.15) is 5.82 Å². The summed E-state index contributed by atoms with van der Waals surface area (Å²) in [4.78, 5) is 24.7. The molecule has 0 unspecified atom stereocenters. The molecule has 0 amide bonds. The Morgan fingerprint density at radius 3 is 2.35 bits per heavy atom. The molecule has 170 valence electrons. The molecule has 1 N–H and O–H groups in total. The maximum absolute atomic E-state index is 13.1. The Hall–Kier alpha value is -4.37. The van der Waals surface area contributed by atoms with Gasteiger partial charge in [0.25, 0.3) is 0 Å². The van der Waals surface area contributed by atoms with Gasteiger partial charge in [-0.15, -0.1) is 5.92 Å². The number of carbonyl (C=O) groups is 1. The van der Waals surface area contributed by atoms with Crippen LogP contribution in [0.1, 0.15) is 34.2 Å². The van der Waals surface area contributed by atoms with Gasteiger partial charge in [-0.1, -0.05) is 78.7 Å². The number of carboxylic acids is 1. The van der Waals surface area contributed by atoms with Crippen molar-refractivity contribution in [2.24, 2.45) is 0 Å². The minimum atomic E-state index is -0.962. The predicted octanol–water partition coefficient (Wildman–Crippen LogP) is 4.27. The van der Waals surface area contributed by atoms with Crippen molar-refractivity contribution >= 4 is 5.97 Å². The lowest BCUT2D eigenvalue weighted by Crippen LogP contribution is -2.26. The molecule has 4 aromatic rings. The lowest BCUT2D eigenvalue weighted by Gasteiger charge is -2.08. The van der Waals surface area contributed by atoms with Crippen LogP contribution < -0.4 is 5.69 Å². The van der Waals surface area contributed by atoms with Crippen LogP contribution in [-0.4, -0.2) is 25.4 Å². The average Bonchev–Trinajstić information content (AvgIpc) is 3.16. The van der Waals surface area contributed by atoms with Crippen LogP contribution in [-0.2, 0) is 25.9 Å². The van der Waals surface area contributed by atoms with Crippen LogP contribution in [0.3, 0.4) is 0 Å². The van der Waals surface area contributed by atoms with Crippen molar-refractivity contribution in [3.05, 3.63) is 112 Å². The van der Waals surface area contributed by atoms with Crippen molar-refractivity contribution in [3.63, 3.8) is 0 Å². The lowest BCUT2D eigenvalue weighted by molar-refractivity contribution is 0.0697. The Morgan fingerprint density at radius 2 is 1.65 bits per heavy atom. The van der Waals surface area contributed by atoms with Gasteiger partial charge in [-0.25, -0.2) is 14.3 Å². The smallest absolute Gasteiger partial charge is 0.346 e. The van der Waals surface area contributed by atoms with Crippen LogP contribution in [0.25, 0.3) is 11.1 Å². The Labute approximate surface area is 198 Å². The first-order valence-electron chi connectivity index (χ1n) is 11.1. The van der Waals surface area contributed by atoms with Crippen LogP contribution in [0.2, 0.25) is 0 Å². The van der Waals surface area contributed by atoms with Crippen molar-refractivity contribution in [1.82, 2.24) is 14.3 Å². The van der Waals surface area contributed by atoms with Crippen LogP contribution in [0.4, 0.5) is 0 Å². The van der Waals surface area contributed by atoms with E-state index in [1.165, 1.54) is 4.68 Å². The second-order valence-electron chi connectivity index (χ2n) is 7.89. The van der Waals surface area contributed by atoms with E-state index < -0.39 is 5.97 Å². The molecule has 0 aliphatic carbocycles. The van der Waals surface area contributed by atoms with Crippen LogP contribution in [0.5, 0.6) is 0 Å². The summed E-state index contributed by atoms with van der Waals surface area (Å²) in [7, 11) is 0. The first-order valence-corrected chi connectivity index (χ1v) is 11.1. The fourth-order valence-electron chi connectivity index (χ4n) is 3.86. The SMILES string of the molecule is CC#CCc1nn(CCc2ccccc2)c(=O)n1Cc1ccc(-c2ccccc2C(=O)O)cc1. The monoisotopic (exact) mass is 451 g/mol. The van der Waals surface area contributed by atoms with Gasteiger partial charge in [-0.2, -0.15) is 5.10 Å². The summed E-state index contributed by atoms with van der Waals surface area (Å²) in [6.07, 6.45) is 1.11. The van der Waals surface area contributed by atoms with E-state index in [2.05, 4.69) is 16.9 Å². The minimum Gasteiger partial charge on any atom is -0.478 e. The average molecular weight is 452 g/mol. The van der Waals surface area contributed by atoms with E-state index in [1.807, 2.05) is 60.7 Å². The quantitative estimate of drug-likeness (QED) is 0.406. The number of benzene rings is 3. The van der Waals surface area contributed by atoms with Gasteiger partial charge in [0, 0.05) is 0 Å². The third kappa shape index (κ3) is 5.16. The summed E-state index contributed by atoms with van der Waals surface area (Å²) in [6.45, 7) is 2.63. The second kappa shape index (κ2) is 10.5. The molecule has 0 aliphatic heterocycles. The number of hydrogen-bond donors (Lipinski definition) is 1. The van der Waals surface area contributed by atoms with Gasteiger partial charge in [0.2, 0.25) is 0 Å². The van der Waals surface area contributed by atoms with E-state index in [1.54, 1.807) is 29.7 Å². The fraction of sp³-hybridized carbons (Fsp3) is 0.179. The van der Waals surface area contributed by atoms with Crippen molar-refractivity contribution in [2.45, 2.75) is 32.9 Å². The molecule has 0 aliphatic rings. The third-order valence-corrected chi connectivity index (χ3v) is 5.64. The number of aryl methyl sites for hydroxylation is 2. The Morgan fingerprint density at radius 1 is 0.941 bits per heavy atom. The molecule has 0 saturated heterocycles. The zero-order valence-corrected chi connectivity index (χ0v) is 18.9. The van der Waals surface area contributed by atoms with Gasteiger partial charge in [-0.3, -0.25) is 4.57 Å². The number of carboxylic acid groups (broad SMARTS) is 1. The molecule has 0 saturated carbocycles. The second-order valence-corrected chi connectivity index (χ2v) is 7.89. The molecule has 6 heteroatoms. The van der Waals surface area contributed by atoms with Gasteiger partial charge in [0.05, 0.1) is 25.1 Å². The molecule has 0 fully saturated rings. The molecular formula is C28H25N3O3. The number of aromatic nitrogens is 3. The fourth-order valence-corrected chi connectivity index (χ4v) is 3.86. The Balaban J connectivity index is 1.59. The summed E-state index contributed by atoms with van der Waals surface area (Å²) in [6, 6.07) is 24.5. The van der Waals surface area contributed by atoms with E-state index in [0.717, 1.165) is 16.7 Å². The largest absolute Gasteiger partial charge is 0.478 e. The molecule has 0 radical (unpaired) electrons. The standard InChI is InChI=1S/C28H25N3O3/c1-2-3-13-26-29-31(19-18-21-9-5-4-6-10-21)28(34)30(26)20-22-14-16-23(17-15-22)24-11-7-8-12-25(24)27(32)33/h4-12,14-17H,13,18-20H2,1H3,(H,32,33). The zero-order valence-electron chi connectivity index (χ0n) is 18.9. The van der Waals surface area contributed by atoms with Gasteiger partial charge >= 0.3 is 11.7 Å². The van der Waals surface area contributed by atoms with E-state index in [4.69, 9.17) is 0 Å². The highest BCUT2D eigenvalue weighted by atomic mass is 16.4. The van der Waals surface area contributed by atoms with Crippen LogP contribution in [0, 0.1) is 11.8 Å². The molecule has 4 rings (SSSR count). The summed E-state index contributed by atoms with van der Waals surface area (Å²) in [5.41, 5.74) is 3.63. The van der Waals surface area contributed by atoms with Crippen molar-refractivity contribution < 1.29 is 9.90 Å². The summed E-state index contributed by atoms with van der Waals surface area (Å²) >= 11 is 0. The van der Waals surface area contributed by atoms with E-state index in [9.17, 15) is 14.7 Å². The van der Waals surface area contributed by atoms with Crippen molar-refractivity contribution in [3.8, 4) is 23.0 Å². The van der Waals surface area contributed by atoms with E-state index in [0.29, 0.717) is 37.3 Å². The normalized spacial score (nSPS) is 10.5. The molecular weight excluding hydrogens is 426 g/mol. The Kier molecular flexibility index (Phi) is 7.04. The van der Waals surface area contributed by atoms with Gasteiger partial charge in [0.15, 0.2) is 0 Å². The highest BCUT2D eigenvalue weighted by molar-refractivity contribution is 5.95. The lowest BCUT2D eigenvalue weighted by atomic mass is 9.99. The first kappa shape index (κ1) is 22.8. The van der Waals surface area contributed by atoms with Crippen molar-refractivity contribution in [2.75, 3.05) is 0 Å². The number of aromatic carboxylic acids is 1. The molecule has 1 aromatic heterocycles. The first-order chi connectivity index (χ1) is 16.6. The molecule has 0 atom stereocenters. The molecule has 34 heavy (non-hydrogen) atoms. The molecule has 0 bridgehead atoms. The van der Waals surface area contributed by atoms with Crippen molar-refractivity contribution in [1.29, 1.82) is 0 Å². The Bertz CT molecular complexity index is 1410. The minimum absolute atomic E-state index is 0.163. The van der Waals surface area contributed by atoms with E-state index >= 15 is 0 Å². The highest BCUT2D eigenvalue weighted by Crippen LogP contribution is 2.24. The summed E-state index contributed by atoms with van der Waals surface area (Å²) < 4.78 is 3.17. The van der Waals surface area contributed by atoms with Crippen LogP contribution in [0.15, 0.2) is 83.7 Å². The third-order valence-electron chi connectivity index (χ3n) is 5.64. The molecule has 3 aromatic carbocycles. The topological polar surface area (TPSA) is 77.1 Å². The maximum atomic E-state index is 13.1. The summed E-state index contributed by atoms with van der Waals surface area (Å²) in [5.74, 6) is 5.55. The molecule has 6 nitrogen and oxygen atoms in total. The molecule has 0 spiro atoms. The zero-order chi connectivity index (χ0) is 23.9. The highest BCUT2D eigenvalue weighted by Gasteiger charge is 2.14.